The third-order valence-corrected chi connectivity index (χ3v) is 16.2. The minimum atomic E-state index is -0.415. The van der Waals surface area contributed by atoms with Crippen LogP contribution in [0.2, 0.25) is 0 Å². The maximum Gasteiger partial charge on any atom is 0.260 e. The number of rotatable bonds is 6. The summed E-state index contributed by atoms with van der Waals surface area (Å²) in [7, 11) is 0. The summed E-state index contributed by atoms with van der Waals surface area (Å²) in [6, 6.07) is 81.8. The van der Waals surface area contributed by atoms with Crippen molar-refractivity contribution in [3.63, 3.8) is 0 Å². The zero-order valence-corrected chi connectivity index (χ0v) is 41.1. The molecule has 0 aromatic heterocycles. The first-order valence-electron chi connectivity index (χ1n) is 25.8. The lowest BCUT2D eigenvalue weighted by Gasteiger charge is -2.38. The number of ether oxygens (including phenoxy) is 4. The van der Waals surface area contributed by atoms with Crippen LogP contribution in [0.15, 0.2) is 231 Å². The second-order valence-electron chi connectivity index (χ2n) is 20.7. The van der Waals surface area contributed by atoms with E-state index in [4.69, 9.17) is 18.9 Å². The van der Waals surface area contributed by atoms with Gasteiger partial charge in [-0.3, -0.25) is 0 Å². The van der Waals surface area contributed by atoms with Gasteiger partial charge < -0.3 is 28.7 Å². The Labute approximate surface area is 435 Å². The fourth-order valence-electron chi connectivity index (χ4n) is 12.9. The summed E-state index contributed by atoms with van der Waals surface area (Å²) in [6.45, 7) is 4.36. The normalized spacial score (nSPS) is 13.9. The molecule has 0 bridgehead atoms. The topological polar surface area (TPSA) is 43.4 Å². The summed E-state index contributed by atoms with van der Waals surface area (Å²) < 4.78 is 28.7. The van der Waals surface area contributed by atoms with Gasteiger partial charge in [0.15, 0.2) is 0 Å². The van der Waals surface area contributed by atoms with Crippen LogP contribution in [0.1, 0.15) is 25.0 Å². The lowest BCUT2D eigenvalue weighted by Crippen LogP contribution is -2.61. The Kier molecular flexibility index (Phi) is 8.88. The van der Waals surface area contributed by atoms with Gasteiger partial charge in [-0.15, -0.1) is 0 Å². The van der Waals surface area contributed by atoms with Crippen molar-refractivity contribution in [2.75, 3.05) is 9.80 Å². The van der Waals surface area contributed by atoms with Crippen LogP contribution in [0.3, 0.4) is 0 Å². The predicted molar refractivity (Wildman–Crippen MR) is 306 cm³/mol. The van der Waals surface area contributed by atoms with Gasteiger partial charge in [0.05, 0.1) is 0 Å². The standard InChI is InChI=1S/C67H44B2N2O4/c1-67(2)51-37-47(71(44-23-11-5-12-24-44)45-25-13-6-14-26-45)32-34-49(51)50-38-61-64-66(62(50)67)74-57-30-18-16-28-53(57)69(64)54-39-55-59(40-58(54)73-61)75-65-48-33-31-46(70(42-19-7-3-8-20-42)43-21-9-4-10-22-43)35-41(48)36-60-63(65)68(55)52-27-15-17-29-56(52)72-60/h3-40H,1-2H3. The van der Waals surface area contributed by atoms with E-state index in [1.807, 2.05) is 0 Å². The Balaban J connectivity index is 0.858. The molecule has 0 saturated carbocycles. The third-order valence-electron chi connectivity index (χ3n) is 16.2. The molecule has 0 amide bonds. The fourth-order valence-corrected chi connectivity index (χ4v) is 12.9. The van der Waals surface area contributed by atoms with E-state index in [9.17, 15) is 0 Å². The average Bonchev–Trinajstić information content (AvgIpc) is 3.83. The number of anilines is 6. The molecular formula is C67H44B2N2O4. The lowest BCUT2D eigenvalue weighted by molar-refractivity contribution is 0.448. The molecule has 0 spiro atoms. The van der Waals surface area contributed by atoms with E-state index >= 15 is 0 Å². The quantitative estimate of drug-likeness (QED) is 0.155. The summed E-state index contributed by atoms with van der Waals surface area (Å²) in [4.78, 5) is 4.63. The van der Waals surface area contributed by atoms with Crippen molar-refractivity contribution >= 4 is 91.1 Å². The summed E-state index contributed by atoms with van der Waals surface area (Å²) in [5.41, 5.74) is 17.2. The van der Waals surface area contributed by atoms with E-state index in [1.54, 1.807) is 0 Å². The van der Waals surface area contributed by atoms with Gasteiger partial charge in [-0.25, -0.2) is 0 Å². The van der Waals surface area contributed by atoms with Crippen LogP contribution in [0.5, 0.6) is 46.0 Å². The molecule has 0 saturated heterocycles. The van der Waals surface area contributed by atoms with Crippen molar-refractivity contribution in [1.82, 2.24) is 0 Å². The molecule has 4 aliphatic heterocycles. The Bertz CT molecular complexity index is 4110. The van der Waals surface area contributed by atoms with Gasteiger partial charge in [-0.1, -0.05) is 135 Å². The number of benzene rings is 11. The SMILES string of the molecule is CC1(C)c2cc(N(c3ccccc3)c3ccccc3)ccc2-c2cc3c4c(c21)Oc1ccccc1B4c1cc2c(cc1O3)Oc1c3c(cc4cc(N(c5ccccc5)c5ccccc5)ccc14)Oc1ccccc1B23. The fraction of sp³-hybridized carbons (Fsp3) is 0.0448. The molecule has 75 heavy (non-hydrogen) atoms. The van der Waals surface area contributed by atoms with Gasteiger partial charge in [-0.05, 0) is 147 Å². The van der Waals surface area contributed by atoms with Gasteiger partial charge in [-0.2, -0.15) is 0 Å². The molecular weight excluding hydrogens is 918 g/mol. The van der Waals surface area contributed by atoms with E-state index in [0.717, 1.165) is 129 Å². The molecule has 1 aliphatic carbocycles. The molecule has 0 unspecified atom stereocenters. The van der Waals surface area contributed by atoms with Crippen molar-refractivity contribution in [3.05, 3.63) is 242 Å². The van der Waals surface area contributed by atoms with Gasteiger partial charge >= 0.3 is 0 Å². The van der Waals surface area contributed by atoms with Gasteiger partial charge in [0.25, 0.3) is 13.4 Å². The maximum atomic E-state index is 7.29. The number of hydrogen-bond donors (Lipinski definition) is 0. The molecule has 4 heterocycles. The maximum absolute atomic E-state index is 7.29. The molecule has 6 nitrogen and oxygen atoms in total. The molecule has 8 heteroatoms. The molecule has 11 aromatic rings. The van der Waals surface area contributed by atoms with Crippen molar-refractivity contribution < 1.29 is 18.9 Å². The lowest BCUT2D eigenvalue weighted by atomic mass is 9.31. The Morgan fingerprint density at radius 1 is 0.333 bits per heavy atom. The van der Waals surface area contributed by atoms with Crippen molar-refractivity contribution in [2.24, 2.45) is 0 Å². The second kappa shape index (κ2) is 15.8. The third kappa shape index (κ3) is 6.17. The summed E-state index contributed by atoms with van der Waals surface area (Å²) in [5, 5.41) is 2.03. The van der Waals surface area contributed by atoms with Gasteiger partial charge in [0.2, 0.25) is 0 Å². The highest BCUT2D eigenvalue weighted by Gasteiger charge is 2.49. The van der Waals surface area contributed by atoms with Crippen LogP contribution in [-0.2, 0) is 5.41 Å². The molecule has 352 valence electrons. The Hall–Kier alpha value is -9.39. The molecule has 5 aliphatic rings. The number of hydrogen-bond acceptors (Lipinski definition) is 6. The van der Waals surface area contributed by atoms with Crippen LogP contribution < -0.4 is 61.5 Å². The minimum absolute atomic E-state index is 0.159. The predicted octanol–water partition coefficient (Wildman–Crippen LogP) is 13.5. The zero-order valence-electron chi connectivity index (χ0n) is 41.1. The number of nitrogens with zero attached hydrogens (tertiary/aromatic N) is 2. The first-order valence-corrected chi connectivity index (χ1v) is 25.8. The first kappa shape index (κ1) is 42.1. The molecule has 11 aromatic carbocycles. The number of fused-ring (bicyclic) bond motifs is 14. The molecule has 0 atom stereocenters. The highest BCUT2D eigenvalue weighted by molar-refractivity contribution is 7.01. The monoisotopic (exact) mass is 962 g/mol. The van der Waals surface area contributed by atoms with Crippen LogP contribution in [0, 0.1) is 0 Å². The van der Waals surface area contributed by atoms with E-state index in [0.29, 0.717) is 0 Å². The molecule has 16 rings (SSSR count). The summed E-state index contributed by atoms with van der Waals surface area (Å²) >= 11 is 0. The first-order chi connectivity index (χ1) is 36.9. The van der Waals surface area contributed by atoms with Gasteiger partial charge in [0, 0.05) is 67.5 Å². The second-order valence-corrected chi connectivity index (χ2v) is 20.7. The van der Waals surface area contributed by atoms with E-state index < -0.39 is 5.41 Å². The van der Waals surface area contributed by atoms with Crippen LogP contribution >= 0.6 is 0 Å². The molecule has 0 fully saturated rings. The van der Waals surface area contributed by atoms with Crippen molar-refractivity contribution in [2.45, 2.75) is 19.3 Å². The van der Waals surface area contributed by atoms with Crippen LogP contribution in [-0.4, -0.2) is 13.4 Å². The molecule has 0 N–H and O–H groups in total. The average molecular weight is 963 g/mol. The largest absolute Gasteiger partial charge is 0.458 e. The van der Waals surface area contributed by atoms with E-state index in [2.05, 4.69) is 254 Å². The van der Waals surface area contributed by atoms with Crippen molar-refractivity contribution in [3.8, 4) is 57.1 Å². The van der Waals surface area contributed by atoms with Crippen LogP contribution in [0.4, 0.5) is 34.1 Å². The smallest absolute Gasteiger partial charge is 0.260 e. The summed E-state index contributed by atoms with van der Waals surface area (Å²) in [6.07, 6.45) is 0. The van der Waals surface area contributed by atoms with E-state index in [1.165, 1.54) is 16.7 Å². The highest BCUT2D eigenvalue weighted by atomic mass is 16.5. The zero-order chi connectivity index (χ0) is 49.5. The Morgan fingerprint density at radius 3 is 1.40 bits per heavy atom. The van der Waals surface area contributed by atoms with Crippen molar-refractivity contribution in [1.29, 1.82) is 0 Å². The molecule has 0 radical (unpaired) electrons. The van der Waals surface area contributed by atoms with Crippen LogP contribution in [0.25, 0.3) is 21.9 Å². The van der Waals surface area contributed by atoms with Gasteiger partial charge in [0.1, 0.15) is 46.0 Å². The Morgan fingerprint density at radius 2 is 0.800 bits per heavy atom. The highest BCUT2D eigenvalue weighted by Crippen LogP contribution is 2.57. The summed E-state index contributed by atoms with van der Waals surface area (Å²) in [5.74, 6) is 6.52. The number of para-hydroxylation sites is 6. The minimum Gasteiger partial charge on any atom is -0.458 e. The van der Waals surface area contributed by atoms with E-state index in [-0.39, 0.29) is 13.4 Å².